The first-order chi connectivity index (χ1) is 8.92. The number of ether oxygens (including phenoxy) is 1. The summed E-state index contributed by atoms with van der Waals surface area (Å²) in [7, 11) is -3.79. The van der Waals surface area contributed by atoms with E-state index in [9.17, 15) is 13.2 Å². The molecule has 1 unspecified atom stereocenters. The lowest BCUT2D eigenvalue weighted by Gasteiger charge is -2.10. The minimum absolute atomic E-state index is 0.121. The first-order valence-electron chi connectivity index (χ1n) is 5.80. The third-order valence-electron chi connectivity index (χ3n) is 2.97. The van der Waals surface area contributed by atoms with Crippen molar-refractivity contribution in [2.45, 2.75) is 18.2 Å². The zero-order valence-electron chi connectivity index (χ0n) is 10.4. The molecular formula is C11H15NO5S2. The molecule has 1 aromatic rings. The molecule has 1 atom stereocenters. The summed E-state index contributed by atoms with van der Waals surface area (Å²) >= 11 is 0.926. The Labute approximate surface area is 115 Å². The van der Waals surface area contributed by atoms with Crippen molar-refractivity contribution in [3.8, 4) is 0 Å². The van der Waals surface area contributed by atoms with Crippen LogP contribution in [0.1, 0.15) is 21.7 Å². The molecule has 6 nitrogen and oxygen atoms in total. The van der Waals surface area contributed by atoms with Gasteiger partial charge in [-0.1, -0.05) is 0 Å². The Morgan fingerprint density at radius 2 is 2.37 bits per heavy atom. The highest BCUT2D eigenvalue weighted by Crippen LogP contribution is 2.27. The molecule has 1 aromatic heterocycles. The number of carboxylic acids is 1. The maximum atomic E-state index is 12.2. The highest BCUT2D eigenvalue weighted by Gasteiger charge is 2.27. The molecule has 8 heteroatoms. The first-order valence-corrected chi connectivity index (χ1v) is 8.17. The lowest BCUT2D eigenvalue weighted by molar-refractivity contribution is 0.0698. The van der Waals surface area contributed by atoms with Crippen molar-refractivity contribution in [1.29, 1.82) is 0 Å². The van der Waals surface area contributed by atoms with Gasteiger partial charge in [-0.15, -0.1) is 11.3 Å². The van der Waals surface area contributed by atoms with E-state index in [1.807, 2.05) is 0 Å². The average molecular weight is 305 g/mol. The van der Waals surface area contributed by atoms with Crippen molar-refractivity contribution >= 4 is 27.3 Å². The van der Waals surface area contributed by atoms with Gasteiger partial charge in [-0.3, -0.25) is 0 Å². The van der Waals surface area contributed by atoms with E-state index in [4.69, 9.17) is 9.84 Å². The summed E-state index contributed by atoms with van der Waals surface area (Å²) in [4.78, 5) is 10.8. The zero-order chi connectivity index (χ0) is 14.0. The molecule has 0 aromatic carbocycles. The standard InChI is InChI=1S/C11H15NO5S2/c1-7-6-18-9(11(13)14)10(7)19(15,16)12-4-8-2-3-17-5-8/h6,8,12H,2-5H2,1H3,(H,13,14). The first kappa shape index (κ1) is 14.4. The number of rotatable bonds is 5. The van der Waals surface area contributed by atoms with Gasteiger partial charge in [0.05, 0.1) is 6.61 Å². The third-order valence-corrected chi connectivity index (χ3v) is 5.79. The molecule has 0 amide bonds. The fourth-order valence-corrected chi connectivity index (χ4v) is 4.70. The molecule has 2 N–H and O–H groups in total. The van der Waals surface area contributed by atoms with E-state index in [0.29, 0.717) is 18.8 Å². The monoisotopic (exact) mass is 305 g/mol. The second kappa shape index (κ2) is 5.58. The van der Waals surface area contributed by atoms with Crippen LogP contribution in [0.3, 0.4) is 0 Å². The van der Waals surface area contributed by atoms with Gasteiger partial charge in [0.25, 0.3) is 0 Å². The Hall–Kier alpha value is -0.960. The summed E-state index contributed by atoms with van der Waals surface area (Å²) in [6.45, 7) is 3.05. The van der Waals surface area contributed by atoms with Crippen LogP contribution in [0.5, 0.6) is 0 Å². The number of hydrogen-bond donors (Lipinski definition) is 2. The number of nitrogens with one attached hydrogen (secondary N) is 1. The smallest absolute Gasteiger partial charge is 0.347 e. The molecule has 0 saturated carbocycles. The molecule has 2 heterocycles. The van der Waals surface area contributed by atoms with Crippen LogP contribution in [0.25, 0.3) is 0 Å². The van der Waals surface area contributed by atoms with E-state index in [0.717, 1.165) is 17.8 Å². The summed E-state index contributed by atoms with van der Waals surface area (Å²) in [5, 5.41) is 10.6. The maximum Gasteiger partial charge on any atom is 0.347 e. The van der Waals surface area contributed by atoms with Crippen molar-refractivity contribution < 1.29 is 23.1 Å². The van der Waals surface area contributed by atoms with Gasteiger partial charge in [0.1, 0.15) is 9.77 Å². The molecular weight excluding hydrogens is 290 g/mol. The Kier molecular flexibility index (Phi) is 4.24. The molecule has 0 spiro atoms. The largest absolute Gasteiger partial charge is 0.477 e. The quantitative estimate of drug-likeness (QED) is 0.849. The third kappa shape index (κ3) is 3.14. The maximum absolute atomic E-state index is 12.2. The van der Waals surface area contributed by atoms with Gasteiger partial charge < -0.3 is 9.84 Å². The Morgan fingerprint density at radius 1 is 1.63 bits per heavy atom. The molecule has 0 bridgehead atoms. The molecule has 1 saturated heterocycles. The molecule has 1 aliphatic rings. The highest BCUT2D eigenvalue weighted by atomic mass is 32.2. The molecule has 1 aliphatic heterocycles. The van der Waals surface area contributed by atoms with Crippen molar-refractivity contribution in [1.82, 2.24) is 4.72 Å². The minimum Gasteiger partial charge on any atom is -0.477 e. The fraction of sp³-hybridized carbons (Fsp3) is 0.545. The lowest BCUT2D eigenvalue weighted by Crippen LogP contribution is -2.30. The van der Waals surface area contributed by atoms with Gasteiger partial charge >= 0.3 is 5.97 Å². The van der Waals surface area contributed by atoms with Crippen molar-refractivity contribution in [2.24, 2.45) is 5.92 Å². The summed E-state index contributed by atoms with van der Waals surface area (Å²) < 4.78 is 32.0. The molecule has 1 fully saturated rings. The Bertz CT molecular complexity index is 572. The highest BCUT2D eigenvalue weighted by molar-refractivity contribution is 7.89. The zero-order valence-corrected chi connectivity index (χ0v) is 12.0. The van der Waals surface area contributed by atoms with Gasteiger partial charge in [0.2, 0.25) is 10.0 Å². The molecule has 19 heavy (non-hydrogen) atoms. The van der Waals surface area contributed by atoms with Crippen LogP contribution in [0.15, 0.2) is 10.3 Å². The molecule has 0 radical (unpaired) electrons. The van der Waals surface area contributed by atoms with Crippen LogP contribution >= 0.6 is 11.3 Å². The van der Waals surface area contributed by atoms with Gasteiger partial charge in [-0.25, -0.2) is 17.9 Å². The second-order valence-electron chi connectivity index (χ2n) is 4.46. The predicted molar refractivity (Wildman–Crippen MR) is 70.1 cm³/mol. The van der Waals surface area contributed by atoms with E-state index < -0.39 is 16.0 Å². The van der Waals surface area contributed by atoms with Crippen LogP contribution in [-0.2, 0) is 14.8 Å². The number of aryl methyl sites for hydroxylation is 1. The van der Waals surface area contributed by atoms with E-state index in [2.05, 4.69) is 4.72 Å². The average Bonchev–Trinajstić information content (AvgIpc) is 2.95. The summed E-state index contributed by atoms with van der Waals surface area (Å²) in [5.41, 5.74) is 0.456. The van der Waals surface area contributed by atoms with Gasteiger partial charge in [0.15, 0.2) is 0 Å². The van der Waals surface area contributed by atoms with Crippen molar-refractivity contribution in [3.63, 3.8) is 0 Å². The van der Waals surface area contributed by atoms with Gasteiger partial charge in [-0.2, -0.15) is 0 Å². The van der Waals surface area contributed by atoms with Crippen molar-refractivity contribution in [3.05, 3.63) is 15.8 Å². The normalized spacial score (nSPS) is 19.7. The minimum atomic E-state index is -3.79. The number of carboxylic acid groups (broad SMARTS) is 1. The van der Waals surface area contributed by atoms with Crippen LogP contribution in [0, 0.1) is 12.8 Å². The lowest BCUT2D eigenvalue weighted by atomic mass is 10.1. The Balaban J connectivity index is 2.19. The van der Waals surface area contributed by atoms with Crippen LogP contribution in [0.4, 0.5) is 0 Å². The van der Waals surface area contributed by atoms with E-state index in [-0.39, 0.29) is 22.2 Å². The molecule has 0 aliphatic carbocycles. The SMILES string of the molecule is Cc1csc(C(=O)O)c1S(=O)(=O)NCC1CCOC1. The number of carbonyl (C=O) groups is 1. The van der Waals surface area contributed by atoms with Crippen LogP contribution in [-0.4, -0.2) is 39.3 Å². The summed E-state index contributed by atoms with van der Waals surface area (Å²) in [6.07, 6.45) is 0.816. The Morgan fingerprint density at radius 3 is 2.95 bits per heavy atom. The second-order valence-corrected chi connectivity index (χ2v) is 7.05. The van der Waals surface area contributed by atoms with Crippen molar-refractivity contribution in [2.75, 3.05) is 19.8 Å². The molecule has 2 rings (SSSR count). The summed E-state index contributed by atoms with van der Waals surface area (Å²) in [6, 6.07) is 0. The number of aromatic carboxylic acids is 1. The fourth-order valence-electron chi connectivity index (χ4n) is 1.96. The van der Waals surface area contributed by atoms with Gasteiger partial charge in [-0.05, 0) is 30.2 Å². The number of hydrogen-bond acceptors (Lipinski definition) is 5. The topological polar surface area (TPSA) is 92.7 Å². The van der Waals surface area contributed by atoms with E-state index in [1.54, 1.807) is 6.92 Å². The number of sulfonamides is 1. The summed E-state index contributed by atoms with van der Waals surface area (Å²) in [5.74, 6) is -1.07. The molecule has 106 valence electrons. The predicted octanol–water partition coefficient (Wildman–Crippen LogP) is 1.07. The van der Waals surface area contributed by atoms with E-state index >= 15 is 0 Å². The van der Waals surface area contributed by atoms with Gasteiger partial charge in [0, 0.05) is 13.2 Å². The van der Waals surface area contributed by atoms with E-state index in [1.165, 1.54) is 5.38 Å². The van der Waals surface area contributed by atoms with Crippen LogP contribution in [0.2, 0.25) is 0 Å². The number of thiophene rings is 1. The van der Waals surface area contributed by atoms with Crippen LogP contribution < -0.4 is 4.72 Å².